The van der Waals surface area contributed by atoms with E-state index in [1.165, 1.54) is 4.90 Å². The number of anilines is 2. The van der Waals surface area contributed by atoms with E-state index in [1.807, 2.05) is 69.3 Å². The van der Waals surface area contributed by atoms with Crippen LogP contribution in [0.5, 0.6) is 0 Å². The molecular weight excluding hydrogens is 533 g/mol. The fourth-order valence-corrected chi connectivity index (χ4v) is 4.55. The van der Waals surface area contributed by atoms with Crippen molar-refractivity contribution in [2.45, 2.75) is 33.6 Å². The Hall–Kier alpha value is -3.81. The topological polar surface area (TPSA) is 79.3 Å². The third kappa shape index (κ3) is 6.99. The third-order valence-electron chi connectivity index (χ3n) is 6.22. The summed E-state index contributed by atoms with van der Waals surface area (Å²) in [4.78, 5) is 27.9. The number of nitrogens with one attached hydrogen (secondary N) is 2. The molecule has 3 amide bonds. The number of amides is 3. The number of carbonyl (C=O) groups excluding carboxylic acids is 2. The highest BCUT2D eigenvalue weighted by molar-refractivity contribution is 6.44. The van der Waals surface area contributed by atoms with Crippen molar-refractivity contribution >= 4 is 46.6 Å². The van der Waals surface area contributed by atoms with Crippen LogP contribution in [0.25, 0.3) is 16.9 Å². The Morgan fingerprint density at radius 3 is 2.44 bits per heavy atom. The number of benzene rings is 3. The number of carbonyl (C=O) groups is 2. The second-order valence-corrected chi connectivity index (χ2v) is 10.1. The number of hydrogen-bond acceptors (Lipinski definition) is 3. The SMILES string of the molecule is CCCCN(CC(=O)Nc1cc(-c2ccccc2)nn1-c1ccc(C)cc1C)C(=O)Nc1cccc(Cl)c1Cl. The molecule has 2 N–H and O–H groups in total. The average Bonchev–Trinajstić information content (AvgIpc) is 3.32. The minimum Gasteiger partial charge on any atom is -0.315 e. The number of unbranched alkanes of at least 4 members (excludes halogenated alkanes) is 1. The fraction of sp³-hybridized carbons (Fsp3) is 0.233. The van der Waals surface area contributed by atoms with E-state index in [0.717, 1.165) is 40.9 Å². The molecule has 1 aromatic heterocycles. The van der Waals surface area contributed by atoms with Crippen LogP contribution in [-0.2, 0) is 4.79 Å². The number of rotatable bonds is 9. The van der Waals surface area contributed by atoms with Crippen LogP contribution in [0.1, 0.15) is 30.9 Å². The molecule has 0 fully saturated rings. The van der Waals surface area contributed by atoms with Crippen LogP contribution in [0.15, 0.2) is 72.8 Å². The number of nitrogens with zero attached hydrogens (tertiary/aromatic N) is 3. The molecule has 9 heteroatoms. The normalized spacial score (nSPS) is 10.8. The predicted molar refractivity (Wildman–Crippen MR) is 159 cm³/mol. The maximum Gasteiger partial charge on any atom is 0.322 e. The third-order valence-corrected chi connectivity index (χ3v) is 7.04. The molecule has 0 atom stereocenters. The lowest BCUT2D eigenvalue weighted by Crippen LogP contribution is -2.41. The molecule has 0 bridgehead atoms. The average molecular weight is 565 g/mol. The molecule has 0 saturated carbocycles. The van der Waals surface area contributed by atoms with E-state index in [1.54, 1.807) is 22.9 Å². The summed E-state index contributed by atoms with van der Waals surface area (Å²) in [6.07, 6.45) is 1.60. The van der Waals surface area contributed by atoms with Crippen molar-refractivity contribution in [3.63, 3.8) is 0 Å². The van der Waals surface area contributed by atoms with Gasteiger partial charge in [0.15, 0.2) is 0 Å². The standard InChI is InChI=1S/C30H31Cl2N5O2/c1-4-5-16-36(30(39)33-24-13-9-12-23(31)29(24)32)19-28(38)34-27-18-25(22-10-7-6-8-11-22)35-37(27)26-15-14-20(2)17-21(26)3/h6-15,17-18H,4-5,16,19H2,1-3H3,(H,33,39)(H,34,38). The predicted octanol–water partition coefficient (Wildman–Crippen LogP) is 7.74. The summed E-state index contributed by atoms with van der Waals surface area (Å²) in [6.45, 7) is 6.32. The van der Waals surface area contributed by atoms with Crippen LogP contribution >= 0.6 is 23.2 Å². The molecule has 0 radical (unpaired) electrons. The van der Waals surface area contributed by atoms with Crippen molar-refractivity contribution in [3.8, 4) is 16.9 Å². The molecule has 4 rings (SSSR count). The molecule has 0 spiro atoms. The van der Waals surface area contributed by atoms with Crippen molar-refractivity contribution in [2.24, 2.45) is 0 Å². The number of urea groups is 1. The zero-order valence-corrected chi connectivity index (χ0v) is 23.7. The molecular formula is C30H31Cl2N5O2. The first-order valence-electron chi connectivity index (χ1n) is 12.8. The highest BCUT2D eigenvalue weighted by atomic mass is 35.5. The highest BCUT2D eigenvalue weighted by Crippen LogP contribution is 2.30. The van der Waals surface area contributed by atoms with Gasteiger partial charge in [0.2, 0.25) is 5.91 Å². The largest absolute Gasteiger partial charge is 0.322 e. The van der Waals surface area contributed by atoms with E-state index < -0.39 is 6.03 Å². The van der Waals surface area contributed by atoms with Crippen LogP contribution < -0.4 is 10.6 Å². The second-order valence-electron chi connectivity index (χ2n) is 9.34. The quantitative estimate of drug-likeness (QED) is 0.218. The summed E-state index contributed by atoms with van der Waals surface area (Å²) in [5, 5.41) is 11.2. The fourth-order valence-electron chi connectivity index (χ4n) is 4.20. The van der Waals surface area contributed by atoms with E-state index >= 15 is 0 Å². The van der Waals surface area contributed by atoms with Crippen molar-refractivity contribution in [2.75, 3.05) is 23.7 Å². The van der Waals surface area contributed by atoms with E-state index in [9.17, 15) is 9.59 Å². The molecule has 4 aromatic rings. The summed E-state index contributed by atoms with van der Waals surface area (Å²) < 4.78 is 1.73. The van der Waals surface area contributed by atoms with Crippen molar-refractivity contribution in [1.29, 1.82) is 0 Å². The van der Waals surface area contributed by atoms with Gasteiger partial charge < -0.3 is 15.5 Å². The lowest BCUT2D eigenvalue weighted by molar-refractivity contribution is -0.116. The zero-order chi connectivity index (χ0) is 27.9. The van der Waals surface area contributed by atoms with Crippen LogP contribution in [0.3, 0.4) is 0 Å². The van der Waals surface area contributed by atoms with Gasteiger partial charge in [0.25, 0.3) is 0 Å². The number of halogens is 2. The monoisotopic (exact) mass is 563 g/mol. The summed E-state index contributed by atoms with van der Waals surface area (Å²) in [7, 11) is 0. The second kappa shape index (κ2) is 12.8. The van der Waals surface area contributed by atoms with Gasteiger partial charge in [-0.3, -0.25) is 4.79 Å². The Morgan fingerprint density at radius 2 is 1.72 bits per heavy atom. The molecule has 39 heavy (non-hydrogen) atoms. The number of aromatic nitrogens is 2. The number of aryl methyl sites for hydroxylation is 2. The maximum atomic E-state index is 13.3. The van der Waals surface area contributed by atoms with Gasteiger partial charge in [0.05, 0.1) is 27.1 Å². The van der Waals surface area contributed by atoms with Gasteiger partial charge in [-0.05, 0) is 44.0 Å². The Balaban J connectivity index is 1.59. The summed E-state index contributed by atoms with van der Waals surface area (Å²) in [6, 6.07) is 22.3. The van der Waals surface area contributed by atoms with Crippen molar-refractivity contribution in [1.82, 2.24) is 14.7 Å². The minimum absolute atomic E-state index is 0.150. The molecule has 0 saturated heterocycles. The maximum absolute atomic E-state index is 13.3. The highest BCUT2D eigenvalue weighted by Gasteiger charge is 2.21. The van der Waals surface area contributed by atoms with Crippen molar-refractivity contribution < 1.29 is 9.59 Å². The zero-order valence-electron chi connectivity index (χ0n) is 22.2. The molecule has 0 aliphatic rings. The first kappa shape index (κ1) is 28.2. The molecule has 202 valence electrons. The van der Waals surface area contributed by atoms with Gasteiger partial charge in [-0.25, -0.2) is 9.48 Å². The molecule has 0 aliphatic heterocycles. The number of hydrogen-bond donors (Lipinski definition) is 2. The van der Waals surface area contributed by atoms with Gasteiger partial charge in [-0.1, -0.05) is 90.6 Å². The Kier molecular flexibility index (Phi) is 9.28. The summed E-state index contributed by atoms with van der Waals surface area (Å²) in [5.74, 6) is 0.170. The molecule has 3 aromatic carbocycles. The Labute approximate surface area is 238 Å². The van der Waals surface area contributed by atoms with Gasteiger partial charge in [-0.15, -0.1) is 0 Å². The molecule has 1 heterocycles. The summed E-state index contributed by atoms with van der Waals surface area (Å²) in [5.41, 5.74) is 5.05. The first-order chi connectivity index (χ1) is 18.8. The van der Waals surface area contributed by atoms with E-state index in [2.05, 4.69) is 16.7 Å². The smallest absolute Gasteiger partial charge is 0.315 e. The molecule has 7 nitrogen and oxygen atoms in total. The Morgan fingerprint density at radius 1 is 0.949 bits per heavy atom. The lowest BCUT2D eigenvalue weighted by Gasteiger charge is -2.23. The van der Waals surface area contributed by atoms with E-state index in [-0.39, 0.29) is 17.5 Å². The van der Waals surface area contributed by atoms with Crippen LogP contribution in [-0.4, -0.2) is 39.7 Å². The minimum atomic E-state index is -0.435. The van der Waals surface area contributed by atoms with Gasteiger partial charge in [-0.2, -0.15) is 5.10 Å². The first-order valence-corrected chi connectivity index (χ1v) is 13.5. The van der Waals surface area contributed by atoms with Crippen LogP contribution in [0, 0.1) is 13.8 Å². The van der Waals surface area contributed by atoms with Gasteiger partial charge >= 0.3 is 6.03 Å². The van der Waals surface area contributed by atoms with Crippen LogP contribution in [0.4, 0.5) is 16.3 Å². The molecule has 0 unspecified atom stereocenters. The van der Waals surface area contributed by atoms with Crippen molar-refractivity contribution in [3.05, 3.63) is 94.0 Å². The van der Waals surface area contributed by atoms with Gasteiger partial charge in [0, 0.05) is 18.2 Å². The van der Waals surface area contributed by atoms with E-state index in [0.29, 0.717) is 23.1 Å². The summed E-state index contributed by atoms with van der Waals surface area (Å²) >= 11 is 12.4. The van der Waals surface area contributed by atoms with E-state index in [4.69, 9.17) is 28.3 Å². The Bertz CT molecular complexity index is 1470. The van der Waals surface area contributed by atoms with Crippen LogP contribution in [0.2, 0.25) is 10.0 Å². The lowest BCUT2D eigenvalue weighted by atomic mass is 10.1. The van der Waals surface area contributed by atoms with Gasteiger partial charge in [0.1, 0.15) is 12.4 Å². The molecule has 0 aliphatic carbocycles.